The van der Waals surface area contributed by atoms with E-state index in [0.29, 0.717) is 21.2 Å². The van der Waals surface area contributed by atoms with Gasteiger partial charge in [-0.25, -0.2) is 4.98 Å². The summed E-state index contributed by atoms with van der Waals surface area (Å²) in [6, 6.07) is 22.0. The third-order valence-corrected chi connectivity index (χ3v) is 5.28. The number of allylic oxidation sites excluding steroid dienone is 1. The van der Waals surface area contributed by atoms with Crippen molar-refractivity contribution < 1.29 is 17.9 Å². The van der Waals surface area contributed by atoms with Crippen LogP contribution in [0.2, 0.25) is 0 Å². The molecule has 0 saturated heterocycles. The number of nitriles is 1. The van der Waals surface area contributed by atoms with E-state index in [4.69, 9.17) is 4.74 Å². The van der Waals surface area contributed by atoms with Gasteiger partial charge in [0.05, 0.1) is 21.4 Å². The van der Waals surface area contributed by atoms with Gasteiger partial charge >= 0.3 is 6.18 Å². The second-order valence-corrected chi connectivity index (χ2v) is 7.39. The van der Waals surface area contributed by atoms with Crippen molar-refractivity contribution in [3.8, 4) is 17.6 Å². The van der Waals surface area contributed by atoms with E-state index >= 15 is 0 Å². The maximum Gasteiger partial charge on any atom is 0.416 e. The summed E-state index contributed by atoms with van der Waals surface area (Å²) in [6.07, 6.45) is -2.80. The summed E-state index contributed by atoms with van der Waals surface area (Å²) in [5.41, 5.74) is 0.434. The Labute approximate surface area is 174 Å². The highest BCUT2D eigenvalue weighted by molar-refractivity contribution is 7.19. The summed E-state index contributed by atoms with van der Waals surface area (Å²) >= 11 is 1.17. The van der Waals surface area contributed by atoms with Crippen LogP contribution < -0.4 is 4.74 Å². The van der Waals surface area contributed by atoms with Gasteiger partial charge in [-0.1, -0.05) is 30.3 Å². The normalized spacial score (nSPS) is 12.0. The molecule has 0 atom stereocenters. The number of fused-ring (bicyclic) bond motifs is 1. The topological polar surface area (TPSA) is 45.9 Å². The largest absolute Gasteiger partial charge is 0.457 e. The van der Waals surface area contributed by atoms with E-state index in [1.165, 1.54) is 17.4 Å². The number of hydrogen-bond acceptors (Lipinski definition) is 4. The Balaban J connectivity index is 1.65. The monoisotopic (exact) mass is 422 g/mol. The molecule has 0 bridgehead atoms. The van der Waals surface area contributed by atoms with Crippen LogP contribution in [0, 0.1) is 11.3 Å². The molecule has 1 aromatic heterocycles. The molecule has 0 saturated carbocycles. The lowest BCUT2D eigenvalue weighted by molar-refractivity contribution is -0.137. The zero-order chi connectivity index (χ0) is 21.1. The molecule has 7 heteroatoms. The number of thiazole rings is 1. The van der Waals surface area contributed by atoms with Crippen molar-refractivity contribution in [3.63, 3.8) is 0 Å². The Morgan fingerprint density at radius 3 is 2.47 bits per heavy atom. The van der Waals surface area contributed by atoms with E-state index < -0.39 is 11.7 Å². The van der Waals surface area contributed by atoms with E-state index in [1.807, 2.05) is 36.4 Å². The first kappa shape index (κ1) is 19.7. The van der Waals surface area contributed by atoms with E-state index in [1.54, 1.807) is 24.3 Å². The summed E-state index contributed by atoms with van der Waals surface area (Å²) in [5.74, 6) is 1.29. The van der Waals surface area contributed by atoms with Crippen LogP contribution in [0.15, 0.2) is 72.8 Å². The van der Waals surface area contributed by atoms with Crippen LogP contribution in [0.5, 0.6) is 11.5 Å². The van der Waals surface area contributed by atoms with Gasteiger partial charge in [0.1, 0.15) is 22.6 Å². The molecule has 0 spiro atoms. The molecular formula is C23H13F3N2OS. The standard InChI is InChI=1S/C23H13F3N2OS/c24-23(25,26)17-9-10-21-20(13-17)28-22(30-21)16(14-27)11-15-5-4-8-19(12-15)29-18-6-2-1-3-7-18/h1-13H/b16-11+. The molecule has 0 N–H and O–H groups in total. The van der Waals surface area contributed by atoms with Gasteiger partial charge in [0, 0.05) is 0 Å². The number of rotatable bonds is 4. The highest BCUT2D eigenvalue weighted by Gasteiger charge is 2.30. The van der Waals surface area contributed by atoms with Crippen LogP contribution in [0.4, 0.5) is 13.2 Å². The average molecular weight is 422 g/mol. The van der Waals surface area contributed by atoms with Gasteiger partial charge in [-0.3, -0.25) is 0 Å². The molecule has 3 nitrogen and oxygen atoms in total. The van der Waals surface area contributed by atoms with Crippen LogP contribution in [0.1, 0.15) is 16.1 Å². The quantitative estimate of drug-likeness (QED) is 0.328. The highest BCUT2D eigenvalue weighted by atomic mass is 32.1. The third kappa shape index (κ3) is 4.34. The fourth-order valence-corrected chi connectivity index (χ4v) is 3.73. The van der Waals surface area contributed by atoms with Crippen molar-refractivity contribution in [1.82, 2.24) is 4.98 Å². The van der Waals surface area contributed by atoms with E-state index in [2.05, 4.69) is 11.1 Å². The lowest BCUT2D eigenvalue weighted by atomic mass is 10.1. The summed E-state index contributed by atoms with van der Waals surface area (Å²) in [4.78, 5) is 4.24. The van der Waals surface area contributed by atoms with Crippen molar-refractivity contribution in [1.29, 1.82) is 5.26 Å². The summed E-state index contributed by atoms with van der Waals surface area (Å²) in [7, 11) is 0. The minimum Gasteiger partial charge on any atom is -0.457 e. The van der Waals surface area contributed by atoms with Crippen LogP contribution in [0.3, 0.4) is 0 Å². The lowest BCUT2D eigenvalue weighted by Gasteiger charge is -2.06. The molecule has 1 heterocycles. The first-order valence-electron chi connectivity index (χ1n) is 8.85. The Kier molecular flexibility index (Phi) is 5.25. The molecule has 4 rings (SSSR count). The van der Waals surface area contributed by atoms with E-state index in [9.17, 15) is 18.4 Å². The third-order valence-electron chi connectivity index (χ3n) is 4.21. The summed E-state index contributed by atoms with van der Waals surface area (Å²) < 4.78 is 45.2. The number of halogens is 3. The Morgan fingerprint density at radius 1 is 0.967 bits per heavy atom. The second kappa shape index (κ2) is 8.01. The van der Waals surface area contributed by atoms with E-state index in [-0.39, 0.29) is 11.1 Å². The van der Waals surface area contributed by atoms with Gasteiger partial charge in [-0.05, 0) is 54.1 Å². The Hall–Kier alpha value is -3.63. The van der Waals surface area contributed by atoms with Crippen molar-refractivity contribution in [3.05, 3.63) is 88.9 Å². The number of para-hydroxylation sites is 1. The first-order chi connectivity index (χ1) is 14.4. The van der Waals surface area contributed by atoms with Crippen LogP contribution in [-0.4, -0.2) is 4.98 Å². The van der Waals surface area contributed by atoms with Crippen molar-refractivity contribution in [2.45, 2.75) is 6.18 Å². The summed E-state index contributed by atoms with van der Waals surface area (Å²) in [6.45, 7) is 0. The van der Waals surface area contributed by atoms with Crippen molar-refractivity contribution in [2.24, 2.45) is 0 Å². The number of hydrogen-bond donors (Lipinski definition) is 0. The molecule has 0 amide bonds. The molecule has 0 aliphatic rings. The molecule has 0 aliphatic carbocycles. The van der Waals surface area contributed by atoms with Gasteiger partial charge in [0.2, 0.25) is 0 Å². The Morgan fingerprint density at radius 2 is 1.73 bits per heavy atom. The van der Waals surface area contributed by atoms with Gasteiger partial charge < -0.3 is 4.74 Å². The number of benzene rings is 3. The Bertz CT molecular complexity index is 1270. The van der Waals surface area contributed by atoms with E-state index in [0.717, 1.165) is 17.7 Å². The maximum atomic E-state index is 12.9. The van der Waals surface area contributed by atoms with Gasteiger partial charge in [-0.15, -0.1) is 11.3 Å². The molecule has 4 aromatic rings. The van der Waals surface area contributed by atoms with Crippen molar-refractivity contribution in [2.75, 3.05) is 0 Å². The van der Waals surface area contributed by atoms with Gasteiger partial charge in [0.15, 0.2) is 0 Å². The number of nitrogens with zero attached hydrogens (tertiary/aromatic N) is 2. The fourth-order valence-electron chi connectivity index (χ4n) is 2.82. The number of ether oxygens (including phenoxy) is 1. The minimum absolute atomic E-state index is 0.215. The SMILES string of the molecule is N#C/C(=C\c1cccc(Oc2ccccc2)c1)c1nc2cc(C(F)(F)F)ccc2s1. The molecule has 3 aromatic carbocycles. The zero-order valence-corrected chi connectivity index (χ0v) is 16.2. The predicted octanol–water partition coefficient (Wildman–Crippen LogP) is 7.17. The van der Waals surface area contributed by atoms with Crippen LogP contribution in [-0.2, 0) is 6.18 Å². The summed E-state index contributed by atoms with van der Waals surface area (Å²) in [5, 5.41) is 9.95. The number of alkyl halides is 3. The molecule has 0 fully saturated rings. The van der Waals surface area contributed by atoms with Gasteiger partial charge in [-0.2, -0.15) is 18.4 Å². The second-order valence-electron chi connectivity index (χ2n) is 6.36. The molecular weight excluding hydrogens is 409 g/mol. The van der Waals surface area contributed by atoms with Crippen molar-refractivity contribution >= 4 is 33.2 Å². The molecule has 148 valence electrons. The molecule has 0 unspecified atom stereocenters. The number of aromatic nitrogens is 1. The molecule has 30 heavy (non-hydrogen) atoms. The molecule has 0 radical (unpaired) electrons. The lowest BCUT2D eigenvalue weighted by Crippen LogP contribution is -2.03. The van der Waals surface area contributed by atoms with Crippen LogP contribution in [0.25, 0.3) is 21.9 Å². The predicted molar refractivity (Wildman–Crippen MR) is 111 cm³/mol. The van der Waals surface area contributed by atoms with Gasteiger partial charge in [0.25, 0.3) is 0 Å². The fraction of sp³-hybridized carbons (Fsp3) is 0.0435. The maximum absolute atomic E-state index is 12.9. The zero-order valence-electron chi connectivity index (χ0n) is 15.4. The first-order valence-corrected chi connectivity index (χ1v) is 9.67. The minimum atomic E-state index is -4.44. The van der Waals surface area contributed by atoms with Crippen LogP contribution >= 0.6 is 11.3 Å². The highest BCUT2D eigenvalue weighted by Crippen LogP contribution is 2.34. The smallest absolute Gasteiger partial charge is 0.416 e. The average Bonchev–Trinajstić information content (AvgIpc) is 3.15. The molecule has 0 aliphatic heterocycles.